The van der Waals surface area contributed by atoms with Gasteiger partial charge in [0.15, 0.2) is 4.80 Å². The molecule has 194 valence electrons. The molecule has 1 atom stereocenters. The Labute approximate surface area is 224 Å². The van der Waals surface area contributed by atoms with Gasteiger partial charge in [0.1, 0.15) is 11.5 Å². The number of aromatic nitrogens is 1. The Kier molecular flexibility index (Phi) is 8.19. The van der Waals surface area contributed by atoms with E-state index in [0.29, 0.717) is 49.3 Å². The van der Waals surface area contributed by atoms with Crippen LogP contribution in [0.4, 0.5) is 0 Å². The average Bonchev–Trinajstić information content (AvgIpc) is 3.15. The summed E-state index contributed by atoms with van der Waals surface area (Å²) in [5, 5.41) is 0.530. The van der Waals surface area contributed by atoms with E-state index in [1.807, 2.05) is 45.0 Å². The fourth-order valence-electron chi connectivity index (χ4n) is 4.15. The molecule has 0 fully saturated rings. The van der Waals surface area contributed by atoms with E-state index in [2.05, 4.69) is 4.99 Å². The van der Waals surface area contributed by atoms with Crippen LogP contribution in [0.15, 0.2) is 63.5 Å². The van der Waals surface area contributed by atoms with Crippen LogP contribution in [0.2, 0.25) is 5.02 Å². The maximum Gasteiger partial charge on any atom is 0.338 e. The van der Waals surface area contributed by atoms with Gasteiger partial charge in [-0.3, -0.25) is 9.36 Å². The molecule has 0 bridgehead atoms. The number of hydrogen-bond donors (Lipinski definition) is 0. The molecule has 1 aliphatic heterocycles. The maximum absolute atomic E-state index is 13.8. The van der Waals surface area contributed by atoms with Crippen molar-refractivity contribution in [2.45, 2.75) is 46.8 Å². The van der Waals surface area contributed by atoms with Gasteiger partial charge < -0.3 is 14.2 Å². The highest BCUT2D eigenvalue weighted by Crippen LogP contribution is 2.32. The second-order valence-corrected chi connectivity index (χ2v) is 10.1. The second kappa shape index (κ2) is 11.4. The van der Waals surface area contributed by atoms with Gasteiger partial charge in [0.25, 0.3) is 5.56 Å². The number of esters is 1. The molecule has 4 rings (SSSR count). The molecule has 9 heteroatoms. The zero-order valence-electron chi connectivity index (χ0n) is 21.4. The number of carbonyl (C=O) groups is 1. The van der Waals surface area contributed by atoms with Gasteiger partial charge in [0.05, 0.1) is 41.2 Å². The molecule has 0 spiro atoms. The normalized spacial score (nSPS) is 15.4. The number of ether oxygens (including phenoxy) is 3. The summed E-state index contributed by atoms with van der Waals surface area (Å²) in [5.74, 6) is 0.826. The summed E-state index contributed by atoms with van der Waals surface area (Å²) in [7, 11) is 0. The molecule has 2 aromatic carbocycles. The molecule has 37 heavy (non-hydrogen) atoms. The lowest BCUT2D eigenvalue weighted by molar-refractivity contribution is -0.139. The van der Waals surface area contributed by atoms with Gasteiger partial charge in [0.2, 0.25) is 0 Å². The monoisotopic (exact) mass is 540 g/mol. The summed E-state index contributed by atoms with van der Waals surface area (Å²) < 4.78 is 18.9. The van der Waals surface area contributed by atoms with E-state index in [1.54, 1.807) is 42.7 Å². The van der Waals surface area contributed by atoms with Crippen LogP contribution < -0.4 is 24.4 Å². The molecule has 1 aliphatic rings. The first-order chi connectivity index (χ1) is 17.7. The first-order valence-electron chi connectivity index (χ1n) is 12.1. The average molecular weight is 541 g/mol. The predicted molar refractivity (Wildman–Crippen MR) is 145 cm³/mol. The van der Waals surface area contributed by atoms with Gasteiger partial charge >= 0.3 is 5.97 Å². The van der Waals surface area contributed by atoms with Crippen molar-refractivity contribution in [3.63, 3.8) is 0 Å². The first-order valence-corrected chi connectivity index (χ1v) is 13.3. The first kappa shape index (κ1) is 26.7. The van der Waals surface area contributed by atoms with Crippen molar-refractivity contribution in [2.75, 3.05) is 13.2 Å². The summed E-state index contributed by atoms with van der Waals surface area (Å²) >= 11 is 7.51. The summed E-state index contributed by atoms with van der Waals surface area (Å²) in [6, 6.07) is 12.0. The van der Waals surface area contributed by atoms with Gasteiger partial charge in [-0.15, -0.1) is 0 Å². The van der Waals surface area contributed by atoms with Crippen molar-refractivity contribution >= 4 is 35.0 Å². The van der Waals surface area contributed by atoms with Gasteiger partial charge in [-0.05, 0) is 76.6 Å². The largest absolute Gasteiger partial charge is 0.494 e. The maximum atomic E-state index is 13.8. The lowest BCUT2D eigenvalue weighted by Gasteiger charge is -2.24. The van der Waals surface area contributed by atoms with Crippen LogP contribution in [0.25, 0.3) is 6.08 Å². The highest BCUT2D eigenvalue weighted by Gasteiger charge is 2.33. The van der Waals surface area contributed by atoms with E-state index in [-0.39, 0.29) is 18.3 Å². The Morgan fingerprint density at radius 1 is 1.16 bits per heavy atom. The van der Waals surface area contributed by atoms with Crippen molar-refractivity contribution in [1.29, 1.82) is 0 Å². The fraction of sp³-hybridized carbons (Fsp3) is 0.321. The second-order valence-electron chi connectivity index (χ2n) is 8.65. The van der Waals surface area contributed by atoms with Crippen molar-refractivity contribution in [3.8, 4) is 11.5 Å². The molecule has 0 unspecified atom stereocenters. The SMILES string of the molecule is CCOC(=O)C1=C(C)N=c2s/c(=C\c3cc(Cl)ccc3OC(C)C)c(=O)n2[C@@H]1c1ccc(OCC)cc1. The van der Waals surface area contributed by atoms with Crippen molar-refractivity contribution in [2.24, 2.45) is 4.99 Å². The Morgan fingerprint density at radius 2 is 1.89 bits per heavy atom. The Hall–Kier alpha value is -3.36. The van der Waals surface area contributed by atoms with Crippen LogP contribution in [-0.2, 0) is 9.53 Å². The number of halogens is 1. The van der Waals surface area contributed by atoms with Crippen LogP contribution in [0.1, 0.15) is 51.8 Å². The summed E-state index contributed by atoms with van der Waals surface area (Å²) in [4.78, 5) is 32.0. The van der Waals surface area contributed by atoms with E-state index in [1.165, 1.54) is 11.3 Å². The number of thiazole rings is 1. The minimum absolute atomic E-state index is 0.0519. The van der Waals surface area contributed by atoms with Crippen LogP contribution in [0, 0.1) is 0 Å². The number of fused-ring (bicyclic) bond motifs is 1. The van der Waals surface area contributed by atoms with E-state index < -0.39 is 12.0 Å². The van der Waals surface area contributed by atoms with Crippen LogP contribution in [0.3, 0.4) is 0 Å². The lowest BCUT2D eigenvalue weighted by atomic mass is 9.96. The smallest absolute Gasteiger partial charge is 0.338 e. The zero-order chi connectivity index (χ0) is 26.7. The van der Waals surface area contributed by atoms with Crippen LogP contribution in [-0.4, -0.2) is 29.9 Å². The van der Waals surface area contributed by atoms with E-state index >= 15 is 0 Å². The number of allylic oxidation sites excluding steroid dienone is 1. The standard InChI is InChI=1S/C28H29ClN2O5S/c1-6-34-21-11-8-18(9-12-21)25-24(27(33)35-7-2)17(5)30-28-31(25)26(32)23(37-28)15-19-14-20(29)10-13-22(19)36-16(3)4/h8-16,25H,6-7H2,1-5H3/b23-15-/t25-/m1/s1. The molecule has 2 heterocycles. The Morgan fingerprint density at radius 3 is 2.54 bits per heavy atom. The molecule has 0 radical (unpaired) electrons. The molecule has 0 saturated heterocycles. The topological polar surface area (TPSA) is 79.1 Å². The Balaban J connectivity index is 1.92. The van der Waals surface area contributed by atoms with E-state index in [4.69, 9.17) is 25.8 Å². The third kappa shape index (κ3) is 5.65. The number of benzene rings is 2. The third-order valence-corrected chi connectivity index (χ3v) is 6.86. The minimum atomic E-state index is -0.695. The summed E-state index contributed by atoms with van der Waals surface area (Å²) in [5.41, 5.74) is 2.01. The summed E-state index contributed by atoms with van der Waals surface area (Å²) in [6.45, 7) is 10.0. The molecule has 7 nitrogen and oxygen atoms in total. The van der Waals surface area contributed by atoms with E-state index in [9.17, 15) is 9.59 Å². The molecule has 1 aromatic heterocycles. The molecule has 0 amide bonds. The number of rotatable bonds is 8. The molecule has 0 saturated carbocycles. The fourth-order valence-corrected chi connectivity index (χ4v) is 5.37. The highest BCUT2D eigenvalue weighted by molar-refractivity contribution is 7.07. The molecular formula is C28H29ClN2O5S. The number of hydrogen-bond acceptors (Lipinski definition) is 7. The van der Waals surface area contributed by atoms with Crippen LogP contribution >= 0.6 is 22.9 Å². The van der Waals surface area contributed by atoms with Crippen molar-refractivity contribution in [1.82, 2.24) is 4.57 Å². The van der Waals surface area contributed by atoms with Gasteiger partial charge in [-0.1, -0.05) is 35.1 Å². The van der Waals surface area contributed by atoms with Crippen molar-refractivity contribution in [3.05, 3.63) is 89.6 Å². The summed E-state index contributed by atoms with van der Waals surface area (Å²) in [6.07, 6.45) is 1.70. The van der Waals surface area contributed by atoms with Gasteiger partial charge in [-0.25, -0.2) is 9.79 Å². The zero-order valence-corrected chi connectivity index (χ0v) is 23.0. The Bertz CT molecular complexity index is 1520. The molecule has 0 N–H and O–H groups in total. The number of nitrogens with zero attached hydrogens (tertiary/aromatic N) is 2. The molecule has 3 aromatic rings. The van der Waals surface area contributed by atoms with Crippen LogP contribution in [0.5, 0.6) is 11.5 Å². The molecule has 0 aliphatic carbocycles. The van der Waals surface area contributed by atoms with Gasteiger partial charge in [0, 0.05) is 10.6 Å². The highest BCUT2D eigenvalue weighted by atomic mass is 35.5. The third-order valence-electron chi connectivity index (χ3n) is 5.64. The minimum Gasteiger partial charge on any atom is -0.494 e. The van der Waals surface area contributed by atoms with Gasteiger partial charge in [-0.2, -0.15) is 0 Å². The van der Waals surface area contributed by atoms with Crippen molar-refractivity contribution < 1.29 is 19.0 Å². The number of carbonyl (C=O) groups excluding carboxylic acids is 1. The predicted octanol–water partition coefficient (Wildman–Crippen LogP) is 4.64. The molecular weight excluding hydrogens is 512 g/mol. The lowest BCUT2D eigenvalue weighted by Crippen LogP contribution is -2.39. The van der Waals surface area contributed by atoms with E-state index in [0.717, 1.165) is 5.56 Å². The quantitative estimate of drug-likeness (QED) is 0.389.